The summed E-state index contributed by atoms with van der Waals surface area (Å²) in [7, 11) is 0. The van der Waals surface area contributed by atoms with Crippen LogP contribution in [0.3, 0.4) is 0 Å². The van der Waals surface area contributed by atoms with Gasteiger partial charge in [0.1, 0.15) is 18.2 Å². The molecule has 0 amide bonds. The minimum absolute atomic E-state index is 0.181. The van der Waals surface area contributed by atoms with E-state index in [-0.39, 0.29) is 6.61 Å². The first-order valence-corrected chi connectivity index (χ1v) is 6.80. The molecule has 1 aromatic heterocycles. The largest absolute Gasteiger partial charge is 0.479 e. The Morgan fingerprint density at radius 3 is 3.10 bits per heavy atom. The summed E-state index contributed by atoms with van der Waals surface area (Å²) in [4.78, 5) is 4.01. The van der Waals surface area contributed by atoms with Crippen LogP contribution in [0.15, 0.2) is 28.7 Å². The van der Waals surface area contributed by atoms with Crippen molar-refractivity contribution in [2.45, 2.75) is 0 Å². The number of hydrazone groups is 1. The molecular formula is C13H11ClN4OS. The number of benzene rings is 1. The predicted molar refractivity (Wildman–Crippen MR) is 83.5 cm³/mol. The second kappa shape index (κ2) is 6.80. The fourth-order valence-electron chi connectivity index (χ4n) is 1.33. The molecule has 0 saturated heterocycles. The highest BCUT2D eigenvalue weighted by Gasteiger charge is 2.01. The van der Waals surface area contributed by atoms with Gasteiger partial charge in [0.05, 0.1) is 11.2 Å². The van der Waals surface area contributed by atoms with Gasteiger partial charge in [-0.1, -0.05) is 17.5 Å². The van der Waals surface area contributed by atoms with Gasteiger partial charge in [-0.2, -0.15) is 5.10 Å². The Morgan fingerprint density at radius 1 is 1.60 bits per heavy atom. The molecule has 0 atom stereocenters. The van der Waals surface area contributed by atoms with Crippen molar-refractivity contribution < 1.29 is 4.74 Å². The number of hydrogen-bond donors (Lipinski definition) is 2. The van der Waals surface area contributed by atoms with Gasteiger partial charge in [0, 0.05) is 5.38 Å². The topological polar surface area (TPSA) is 72.5 Å². The highest BCUT2D eigenvalue weighted by Crippen LogP contribution is 2.24. The smallest absolute Gasteiger partial charge is 0.205 e. The van der Waals surface area contributed by atoms with Crippen molar-refractivity contribution in [1.29, 1.82) is 0 Å². The molecular weight excluding hydrogens is 296 g/mol. The van der Waals surface area contributed by atoms with Crippen molar-refractivity contribution in [3.8, 4) is 18.1 Å². The average molecular weight is 307 g/mol. The molecule has 0 radical (unpaired) electrons. The summed E-state index contributed by atoms with van der Waals surface area (Å²) >= 11 is 7.44. The summed E-state index contributed by atoms with van der Waals surface area (Å²) in [6.45, 7) is 0.181. The van der Waals surface area contributed by atoms with Crippen LogP contribution in [0.1, 0.15) is 5.56 Å². The van der Waals surface area contributed by atoms with Crippen LogP contribution >= 0.6 is 22.9 Å². The van der Waals surface area contributed by atoms with Crippen LogP contribution < -0.4 is 15.9 Å². The third-order valence-electron chi connectivity index (χ3n) is 2.16. The molecule has 3 N–H and O–H groups in total. The minimum atomic E-state index is 0.181. The summed E-state index contributed by atoms with van der Waals surface area (Å²) < 4.78 is 5.27. The Balaban J connectivity index is 1.99. The number of hydrogen-bond acceptors (Lipinski definition) is 6. The SMILES string of the molecule is C#CCOc1ccc(C=NNc2nc(N)cs2)cc1Cl. The van der Waals surface area contributed by atoms with Gasteiger partial charge >= 0.3 is 0 Å². The van der Waals surface area contributed by atoms with Crippen molar-refractivity contribution in [3.63, 3.8) is 0 Å². The maximum atomic E-state index is 6.06. The van der Waals surface area contributed by atoms with E-state index in [1.165, 1.54) is 11.3 Å². The Morgan fingerprint density at radius 2 is 2.45 bits per heavy atom. The van der Waals surface area contributed by atoms with E-state index in [1.54, 1.807) is 23.7 Å². The fraction of sp³-hybridized carbons (Fsp3) is 0.0769. The molecule has 0 aliphatic carbocycles. The fourth-order valence-corrected chi connectivity index (χ4v) is 2.13. The molecule has 5 nitrogen and oxygen atoms in total. The molecule has 102 valence electrons. The summed E-state index contributed by atoms with van der Waals surface area (Å²) in [5.41, 5.74) is 9.10. The first-order valence-electron chi connectivity index (χ1n) is 5.55. The maximum Gasteiger partial charge on any atom is 0.205 e. The number of anilines is 2. The van der Waals surface area contributed by atoms with Crippen LogP contribution in [-0.4, -0.2) is 17.8 Å². The van der Waals surface area contributed by atoms with Crippen molar-refractivity contribution in [3.05, 3.63) is 34.2 Å². The number of nitrogen functional groups attached to an aromatic ring is 1. The van der Waals surface area contributed by atoms with E-state index in [0.717, 1.165) is 5.56 Å². The molecule has 7 heteroatoms. The molecule has 2 aromatic rings. The monoisotopic (exact) mass is 306 g/mol. The maximum absolute atomic E-state index is 6.06. The molecule has 0 unspecified atom stereocenters. The van der Waals surface area contributed by atoms with E-state index in [1.807, 2.05) is 6.07 Å². The average Bonchev–Trinajstić information content (AvgIpc) is 2.84. The first kappa shape index (κ1) is 14.2. The van der Waals surface area contributed by atoms with Crippen molar-refractivity contribution >= 4 is 40.1 Å². The van der Waals surface area contributed by atoms with E-state index in [4.69, 9.17) is 28.5 Å². The van der Waals surface area contributed by atoms with Gasteiger partial charge in [-0.3, -0.25) is 5.43 Å². The van der Waals surface area contributed by atoms with Crippen LogP contribution in [0.5, 0.6) is 5.75 Å². The summed E-state index contributed by atoms with van der Waals surface area (Å²) in [5, 5.41) is 6.87. The van der Waals surface area contributed by atoms with E-state index >= 15 is 0 Å². The quantitative estimate of drug-likeness (QED) is 0.506. The Bertz CT molecular complexity index is 663. The van der Waals surface area contributed by atoms with Crippen molar-refractivity contribution in [2.75, 3.05) is 17.8 Å². The normalized spacial score (nSPS) is 10.4. The molecule has 0 fully saturated rings. The molecule has 0 aliphatic rings. The third-order valence-corrected chi connectivity index (χ3v) is 3.22. The van der Waals surface area contributed by atoms with Crippen LogP contribution in [0.4, 0.5) is 10.9 Å². The van der Waals surface area contributed by atoms with Gasteiger partial charge in [-0.05, 0) is 23.8 Å². The number of halogens is 1. The lowest BCUT2D eigenvalue weighted by Crippen LogP contribution is -1.95. The summed E-state index contributed by atoms with van der Waals surface area (Å²) in [6, 6.07) is 5.29. The second-order valence-electron chi connectivity index (χ2n) is 3.63. The number of thiazole rings is 1. The van der Waals surface area contributed by atoms with Gasteiger partial charge in [-0.15, -0.1) is 17.8 Å². The lowest BCUT2D eigenvalue weighted by atomic mass is 10.2. The van der Waals surface area contributed by atoms with Gasteiger partial charge in [-0.25, -0.2) is 4.98 Å². The molecule has 0 spiro atoms. The standard InChI is InChI=1S/C13H11ClN4OS/c1-2-5-19-11-4-3-9(6-10(11)14)7-16-18-13-17-12(15)8-20-13/h1,3-4,6-8H,5,15H2,(H,17,18). The van der Waals surface area contributed by atoms with E-state index in [0.29, 0.717) is 21.7 Å². The molecule has 2 rings (SSSR count). The lowest BCUT2D eigenvalue weighted by molar-refractivity contribution is 0.370. The van der Waals surface area contributed by atoms with E-state index in [2.05, 4.69) is 21.4 Å². The Labute approximate surface area is 125 Å². The molecule has 20 heavy (non-hydrogen) atoms. The Kier molecular flexibility index (Phi) is 4.82. The summed E-state index contributed by atoms with van der Waals surface area (Å²) in [6.07, 6.45) is 6.74. The minimum Gasteiger partial charge on any atom is -0.479 e. The highest BCUT2D eigenvalue weighted by molar-refractivity contribution is 7.14. The van der Waals surface area contributed by atoms with Crippen LogP contribution in [0, 0.1) is 12.3 Å². The van der Waals surface area contributed by atoms with Crippen molar-refractivity contribution in [2.24, 2.45) is 5.10 Å². The number of rotatable bonds is 5. The highest BCUT2D eigenvalue weighted by atomic mass is 35.5. The van der Waals surface area contributed by atoms with Crippen LogP contribution in [0.25, 0.3) is 0 Å². The number of nitrogens with one attached hydrogen (secondary N) is 1. The third kappa shape index (κ3) is 3.88. The molecule has 0 saturated carbocycles. The zero-order valence-corrected chi connectivity index (χ0v) is 11.9. The molecule has 0 bridgehead atoms. The van der Waals surface area contributed by atoms with Gasteiger partial charge in [0.15, 0.2) is 0 Å². The molecule has 0 aliphatic heterocycles. The Hall–Kier alpha value is -2.23. The predicted octanol–water partition coefficient (Wildman–Crippen LogP) is 2.84. The first-order chi connectivity index (χ1) is 9.69. The van der Waals surface area contributed by atoms with E-state index in [9.17, 15) is 0 Å². The number of nitrogens with zero attached hydrogens (tertiary/aromatic N) is 2. The second-order valence-corrected chi connectivity index (χ2v) is 4.90. The van der Waals surface area contributed by atoms with Crippen LogP contribution in [0.2, 0.25) is 5.02 Å². The zero-order valence-electron chi connectivity index (χ0n) is 10.3. The molecule has 1 heterocycles. The van der Waals surface area contributed by atoms with Gasteiger partial charge in [0.25, 0.3) is 0 Å². The van der Waals surface area contributed by atoms with Gasteiger partial charge < -0.3 is 10.5 Å². The van der Waals surface area contributed by atoms with Crippen LogP contribution in [-0.2, 0) is 0 Å². The zero-order chi connectivity index (χ0) is 14.4. The molecule has 1 aromatic carbocycles. The number of nitrogens with two attached hydrogens (primary N) is 1. The number of aromatic nitrogens is 1. The number of terminal acetylenes is 1. The van der Waals surface area contributed by atoms with E-state index < -0.39 is 0 Å². The van der Waals surface area contributed by atoms with Gasteiger partial charge in [0.2, 0.25) is 5.13 Å². The number of ether oxygens (including phenoxy) is 1. The van der Waals surface area contributed by atoms with Crippen molar-refractivity contribution in [1.82, 2.24) is 4.98 Å². The lowest BCUT2D eigenvalue weighted by Gasteiger charge is -2.05. The summed E-state index contributed by atoms with van der Waals surface area (Å²) in [5.74, 6) is 3.39.